The first-order valence-corrected chi connectivity index (χ1v) is 10.9. The number of hydrogen-bond donors (Lipinski definition) is 0. The largest absolute Gasteiger partial charge is 0.374 e. The smallest absolute Gasteiger partial charge is 0.159 e. The van der Waals surface area contributed by atoms with Crippen LogP contribution in [0.15, 0.2) is 30.4 Å². The van der Waals surface area contributed by atoms with Crippen LogP contribution < -0.4 is 0 Å². The number of ether oxygens (including phenoxy) is 1. The van der Waals surface area contributed by atoms with E-state index in [0.717, 1.165) is 30.6 Å². The second-order valence-electron chi connectivity index (χ2n) is 8.49. The highest BCUT2D eigenvalue weighted by molar-refractivity contribution is 5.16. The molecule has 0 amide bonds. The van der Waals surface area contributed by atoms with Crippen LogP contribution in [0.5, 0.6) is 0 Å². The predicted octanol–water partition coefficient (Wildman–Crippen LogP) is 7.20. The molecule has 2 aliphatic rings. The summed E-state index contributed by atoms with van der Waals surface area (Å²) in [6.07, 6.45) is 17.8. The summed E-state index contributed by atoms with van der Waals surface area (Å²) in [5.74, 6) is 0.972. The maximum atomic E-state index is 13.3. The highest BCUT2D eigenvalue weighted by Crippen LogP contribution is 2.41. The normalized spacial score (nSPS) is 29.3. The van der Waals surface area contributed by atoms with Gasteiger partial charge in [0.1, 0.15) is 0 Å². The Morgan fingerprint density at radius 1 is 0.926 bits per heavy atom. The summed E-state index contributed by atoms with van der Waals surface area (Å²) in [4.78, 5) is 0. The molecule has 0 aromatic heterocycles. The Balaban J connectivity index is 1.36. The Labute approximate surface area is 163 Å². The molecule has 27 heavy (non-hydrogen) atoms. The van der Waals surface area contributed by atoms with E-state index in [9.17, 15) is 8.78 Å². The minimum absolute atomic E-state index is 0.266. The topological polar surface area (TPSA) is 9.23 Å². The van der Waals surface area contributed by atoms with Gasteiger partial charge in [0.05, 0.1) is 12.7 Å². The molecule has 0 heterocycles. The van der Waals surface area contributed by atoms with Crippen molar-refractivity contribution >= 4 is 0 Å². The Morgan fingerprint density at radius 3 is 2.22 bits per heavy atom. The lowest BCUT2D eigenvalue weighted by Gasteiger charge is -2.37. The molecule has 0 unspecified atom stereocenters. The molecule has 2 aliphatic carbocycles. The summed E-state index contributed by atoms with van der Waals surface area (Å²) < 4.78 is 32.3. The maximum Gasteiger partial charge on any atom is 0.159 e. The fourth-order valence-electron chi connectivity index (χ4n) is 4.83. The van der Waals surface area contributed by atoms with Gasteiger partial charge in [0.2, 0.25) is 0 Å². The lowest BCUT2D eigenvalue weighted by atomic mass is 9.70. The summed E-state index contributed by atoms with van der Waals surface area (Å²) in [6.45, 7) is 2.61. The van der Waals surface area contributed by atoms with Crippen LogP contribution in [0.4, 0.5) is 8.78 Å². The second kappa shape index (κ2) is 10.4. The van der Waals surface area contributed by atoms with E-state index < -0.39 is 11.6 Å². The van der Waals surface area contributed by atoms with Crippen molar-refractivity contribution in [1.82, 2.24) is 0 Å². The minimum atomic E-state index is -0.796. The molecule has 0 radical (unpaired) electrons. The van der Waals surface area contributed by atoms with Crippen molar-refractivity contribution in [3.63, 3.8) is 0 Å². The Hall–Kier alpha value is -1.22. The Morgan fingerprint density at radius 2 is 1.59 bits per heavy atom. The molecule has 2 fully saturated rings. The number of hydrogen-bond acceptors (Lipinski definition) is 1. The van der Waals surface area contributed by atoms with Crippen molar-refractivity contribution < 1.29 is 13.5 Å². The van der Waals surface area contributed by atoms with Gasteiger partial charge < -0.3 is 4.74 Å². The summed E-state index contributed by atoms with van der Waals surface area (Å²) in [5, 5.41) is 0. The predicted molar refractivity (Wildman–Crippen MR) is 106 cm³/mol. The SMILES string of the molecule is CCC/C=C/[C@H]1CC[C@H](C2CCC(OCc3ccc(F)c(F)c3)CC2)CC1. The molecule has 0 bridgehead atoms. The van der Waals surface area contributed by atoms with E-state index >= 15 is 0 Å². The number of allylic oxidation sites excluding steroid dienone is 2. The number of unbranched alkanes of at least 4 members (excludes halogenated alkanes) is 1. The maximum absolute atomic E-state index is 13.3. The van der Waals surface area contributed by atoms with Crippen LogP contribution in [0.25, 0.3) is 0 Å². The van der Waals surface area contributed by atoms with Gasteiger partial charge in [-0.25, -0.2) is 8.78 Å². The quantitative estimate of drug-likeness (QED) is 0.457. The molecule has 3 rings (SSSR count). The number of rotatable bonds is 7. The molecule has 3 heteroatoms. The summed E-state index contributed by atoms with van der Waals surface area (Å²) >= 11 is 0. The number of halogens is 2. The first-order valence-electron chi connectivity index (χ1n) is 10.9. The highest BCUT2D eigenvalue weighted by atomic mass is 19.2. The monoisotopic (exact) mass is 376 g/mol. The molecule has 2 saturated carbocycles. The van der Waals surface area contributed by atoms with Gasteiger partial charge in [-0.2, -0.15) is 0 Å². The van der Waals surface area contributed by atoms with Gasteiger partial charge in [-0.05, 0) is 93.2 Å². The van der Waals surface area contributed by atoms with Crippen LogP contribution in [0.1, 0.15) is 76.7 Å². The molecular weight excluding hydrogens is 342 g/mol. The van der Waals surface area contributed by atoms with E-state index in [2.05, 4.69) is 19.1 Å². The van der Waals surface area contributed by atoms with Crippen LogP contribution in [0.2, 0.25) is 0 Å². The molecule has 1 nitrogen and oxygen atoms in total. The van der Waals surface area contributed by atoms with Crippen molar-refractivity contribution in [2.45, 2.75) is 83.8 Å². The molecule has 1 aromatic carbocycles. The lowest BCUT2D eigenvalue weighted by Crippen LogP contribution is -2.28. The Kier molecular flexibility index (Phi) is 7.87. The first-order chi connectivity index (χ1) is 13.2. The minimum Gasteiger partial charge on any atom is -0.374 e. The van der Waals surface area contributed by atoms with Gasteiger partial charge in [-0.3, -0.25) is 0 Å². The van der Waals surface area contributed by atoms with E-state index in [1.54, 1.807) is 6.07 Å². The van der Waals surface area contributed by atoms with Gasteiger partial charge in [-0.15, -0.1) is 0 Å². The molecule has 0 saturated heterocycles. The molecule has 150 valence electrons. The third-order valence-electron chi connectivity index (χ3n) is 6.54. The van der Waals surface area contributed by atoms with Crippen LogP contribution in [-0.4, -0.2) is 6.10 Å². The summed E-state index contributed by atoms with van der Waals surface area (Å²) in [6, 6.07) is 4.03. The van der Waals surface area contributed by atoms with Crippen molar-refractivity contribution in [3.8, 4) is 0 Å². The van der Waals surface area contributed by atoms with Gasteiger partial charge in [-0.1, -0.05) is 31.6 Å². The van der Waals surface area contributed by atoms with E-state index in [0.29, 0.717) is 12.2 Å². The third kappa shape index (κ3) is 6.14. The highest BCUT2D eigenvalue weighted by Gasteiger charge is 2.30. The van der Waals surface area contributed by atoms with Crippen molar-refractivity contribution in [3.05, 3.63) is 47.5 Å². The van der Waals surface area contributed by atoms with Gasteiger partial charge in [0.25, 0.3) is 0 Å². The molecule has 0 spiro atoms. The van der Waals surface area contributed by atoms with Crippen molar-refractivity contribution in [2.24, 2.45) is 17.8 Å². The fourth-order valence-corrected chi connectivity index (χ4v) is 4.83. The molecule has 0 atom stereocenters. The zero-order chi connectivity index (χ0) is 19.1. The fraction of sp³-hybridized carbons (Fsp3) is 0.667. The summed E-state index contributed by atoms with van der Waals surface area (Å²) in [7, 11) is 0. The summed E-state index contributed by atoms with van der Waals surface area (Å²) in [5.41, 5.74) is 0.713. The average Bonchev–Trinajstić information content (AvgIpc) is 2.70. The van der Waals surface area contributed by atoms with Crippen LogP contribution >= 0.6 is 0 Å². The molecule has 1 aromatic rings. The standard InChI is InChI=1S/C24H34F2O/c1-2-3-4-5-18-6-9-20(10-7-18)21-11-13-22(14-12-21)27-17-19-8-15-23(25)24(26)16-19/h4-5,8,15-16,18,20-22H,2-3,6-7,9-14,17H2,1H3/b5-4+/t18-,20-,21?,22?. The first kappa shape index (κ1) is 20.5. The zero-order valence-electron chi connectivity index (χ0n) is 16.6. The van der Waals surface area contributed by atoms with E-state index in [1.807, 2.05) is 0 Å². The van der Waals surface area contributed by atoms with Gasteiger partial charge >= 0.3 is 0 Å². The zero-order valence-corrected chi connectivity index (χ0v) is 16.6. The second-order valence-corrected chi connectivity index (χ2v) is 8.49. The van der Waals surface area contributed by atoms with Crippen molar-refractivity contribution in [2.75, 3.05) is 0 Å². The van der Waals surface area contributed by atoms with E-state index in [1.165, 1.54) is 63.5 Å². The van der Waals surface area contributed by atoms with Crippen molar-refractivity contribution in [1.29, 1.82) is 0 Å². The Bertz CT molecular complexity index is 596. The molecular formula is C24H34F2O. The molecule has 0 N–H and O–H groups in total. The molecule has 0 aliphatic heterocycles. The van der Waals surface area contributed by atoms with E-state index in [4.69, 9.17) is 4.74 Å². The van der Waals surface area contributed by atoms with Gasteiger partial charge in [0, 0.05) is 0 Å². The van der Waals surface area contributed by atoms with Crippen LogP contribution in [0.3, 0.4) is 0 Å². The average molecular weight is 377 g/mol. The van der Waals surface area contributed by atoms with Crippen LogP contribution in [-0.2, 0) is 11.3 Å². The lowest BCUT2D eigenvalue weighted by molar-refractivity contribution is -0.00238. The van der Waals surface area contributed by atoms with Gasteiger partial charge in [0.15, 0.2) is 11.6 Å². The van der Waals surface area contributed by atoms with E-state index in [-0.39, 0.29) is 6.10 Å². The third-order valence-corrected chi connectivity index (χ3v) is 6.54. The number of benzene rings is 1. The van der Waals surface area contributed by atoms with Crippen LogP contribution in [0, 0.1) is 29.4 Å².